The van der Waals surface area contributed by atoms with Crippen LogP contribution in [0.25, 0.3) is 0 Å². The van der Waals surface area contributed by atoms with Crippen LogP contribution in [-0.2, 0) is 9.59 Å². The van der Waals surface area contributed by atoms with E-state index in [-0.39, 0.29) is 10.7 Å². The van der Waals surface area contributed by atoms with Crippen LogP contribution in [0.2, 0.25) is 10.0 Å². The maximum atomic E-state index is 12.2. The van der Waals surface area contributed by atoms with E-state index in [4.69, 9.17) is 23.2 Å². The van der Waals surface area contributed by atoms with Crippen LogP contribution in [0, 0.1) is 18.3 Å². The summed E-state index contributed by atoms with van der Waals surface area (Å²) in [5.74, 6) is -3.02. The molecule has 0 radical (unpaired) electrons. The van der Waals surface area contributed by atoms with Crippen molar-refractivity contribution in [3.63, 3.8) is 0 Å². The van der Waals surface area contributed by atoms with Gasteiger partial charge in [0.1, 0.15) is 5.92 Å². The van der Waals surface area contributed by atoms with Crippen molar-refractivity contribution in [1.82, 2.24) is 0 Å². The van der Waals surface area contributed by atoms with E-state index < -0.39 is 23.2 Å². The Morgan fingerprint density at radius 3 is 2.25 bits per heavy atom. The lowest BCUT2D eigenvalue weighted by atomic mass is 9.80. The number of nitrogens with one attached hydrogen (secondary N) is 1. The Hall–Kier alpha value is -1.26. The number of halogens is 2. The molecule has 0 aliphatic heterocycles. The van der Waals surface area contributed by atoms with E-state index in [0.717, 1.165) is 5.56 Å². The van der Waals surface area contributed by atoms with Gasteiger partial charge in [0.2, 0.25) is 5.91 Å². The number of carboxylic acids is 1. The average Bonchev–Trinajstić information content (AvgIpc) is 2.27. The Morgan fingerprint density at radius 2 is 1.80 bits per heavy atom. The molecule has 0 aliphatic rings. The second-order valence-corrected chi connectivity index (χ2v) is 6.46. The molecule has 0 saturated carbocycles. The van der Waals surface area contributed by atoms with Crippen LogP contribution in [0.15, 0.2) is 12.1 Å². The van der Waals surface area contributed by atoms with Gasteiger partial charge >= 0.3 is 5.97 Å². The van der Waals surface area contributed by atoms with Crippen LogP contribution >= 0.6 is 23.2 Å². The molecule has 110 valence electrons. The van der Waals surface area contributed by atoms with Crippen molar-refractivity contribution < 1.29 is 14.7 Å². The van der Waals surface area contributed by atoms with Crippen LogP contribution in [0.5, 0.6) is 0 Å². The minimum atomic E-state index is -1.20. The van der Waals surface area contributed by atoms with E-state index in [1.54, 1.807) is 39.8 Å². The number of amides is 1. The summed E-state index contributed by atoms with van der Waals surface area (Å²) in [7, 11) is 0. The molecule has 1 aromatic rings. The Kier molecular flexibility index (Phi) is 5.05. The van der Waals surface area contributed by atoms with Gasteiger partial charge in [-0.2, -0.15) is 0 Å². The van der Waals surface area contributed by atoms with Crippen LogP contribution in [0.4, 0.5) is 5.69 Å². The zero-order valence-electron chi connectivity index (χ0n) is 11.8. The van der Waals surface area contributed by atoms with Crippen LogP contribution < -0.4 is 5.32 Å². The number of carbonyl (C=O) groups is 2. The number of hydrogen-bond acceptors (Lipinski definition) is 2. The predicted octanol–water partition coefficient (Wildman–Crippen LogP) is 3.99. The first-order chi connectivity index (χ1) is 9.05. The SMILES string of the molecule is Cc1ccc(Cl)c(NC(=O)C(C(=O)O)C(C)(C)C)c1Cl. The summed E-state index contributed by atoms with van der Waals surface area (Å²) >= 11 is 12.1. The maximum Gasteiger partial charge on any atom is 0.316 e. The van der Waals surface area contributed by atoms with Crippen molar-refractivity contribution in [2.75, 3.05) is 5.32 Å². The number of rotatable bonds is 3. The van der Waals surface area contributed by atoms with E-state index in [2.05, 4.69) is 5.32 Å². The van der Waals surface area contributed by atoms with Gasteiger partial charge < -0.3 is 10.4 Å². The number of benzene rings is 1. The number of carbonyl (C=O) groups excluding carboxylic acids is 1. The van der Waals surface area contributed by atoms with Gasteiger partial charge in [0.25, 0.3) is 0 Å². The molecule has 1 rings (SSSR count). The Bertz CT molecular complexity index is 550. The zero-order valence-corrected chi connectivity index (χ0v) is 13.3. The van der Waals surface area contributed by atoms with Crippen molar-refractivity contribution in [3.05, 3.63) is 27.7 Å². The fraction of sp³-hybridized carbons (Fsp3) is 0.429. The van der Waals surface area contributed by atoms with Gasteiger partial charge in [0, 0.05) is 0 Å². The minimum absolute atomic E-state index is 0.244. The highest BCUT2D eigenvalue weighted by atomic mass is 35.5. The summed E-state index contributed by atoms with van der Waals surface area (Å²) in [6.07, 6.45) is 0. The third kappa shape index (κ3) is 3.64. The first-order valence-corrected chi connectivity index (χ1v) is 6.79. The Balaban J connectivity index is 3.13. The molecule has 20 heavy (non-hydrogen) atoms. The monoisotopic (exact) mass is 317 g/mol. The average molecular weight is 318 g/mol. The van der Waals surface area contributed by atoms with E-state index in [1.165, 1.54) is 0 Å². The number of carboxylic acid groups (broad SMARTS) is 1. The maximum absolute atomic E-state index is 12.2. The molecular weight excluding hydrogens is 301 g/mol. The summed E-state index contributed by atoms with van der Waals surface area (Å²) in [6.45, 7) is 6.83. The quantitative estimate of drug-likeness (QED) is 0.828. The fourth-order valence-electron chi connectivity index (χ4n) is 1.84. The number of aliphatic carboxylic acids is 1. The topological polar surface area (TPSA) is 66.4 Å². The second kappa shape index (κ2) is 6.02. The molecule has 6 heteroatoms. The van der Waals surface area contributed by atoms with Gasteiger partial charge in [-0.15, -0.1) is 0 Å². The van der Waals surface area contributed by atoms with Crippen LogP contribution in [0.1, 0.15) is 26.3 Å². The summed E-state index contributed by atoms with van der Waals surface area (Å²) < 4.78 is 0. The molecule has 0 fully saturated rings. The van der Waals surface area contributed by atoms with Gasteiger partial charge in [0.05, 0.1) is 15.7 Å². The summed E-state index contributed by atoms with van der Waals surface area (Å²) in [5.41, 5.74) is 0.265. The molecular formula is C14H17Cl2NO3. The lowest BCUT2D eigenvalue weighted by Gasteiger charge is -2.26. The molecule has 1 unspecified atom stereocenters. The lowest BCUT2D eigenvalue weighted by Crippen LogP contribution is -2.39. The summed E-state index contributed by atoms with van der Waals surface area (Å²) in [6, 6.07) is 3.32. The third-order valence-electron chi connectivity index (χ3n) is 2.91. The standard InChI is InChI=1S/C14H17Cl2NO3/c1-7-5-6-8(15)11(10(7)16)17-12(18)9(13(19)20)14(2,3)4/h5-6,9H,1-4H3,(H,17,18)(H,19,20). The highest BCUT2D eigenvalue weighted by Gasteiger charge is 2.38. The molecule has 1 amide bonds. The van der Waals surface area contributed by atoms with E-state index in [9.17, 15) is 14.7 Å². The first kappa shape index (κ1) is 16.8. The van der Waals surface area contributed by atoms with Crippen molar-refractivity contribution in [2.45, 2.75) is 27.7 Å². The Labute approximate surface area is 128 Å². The Morgan fingerprint density at radius 1 is 1.25 bits per heavy atom. The highest BCUT2D eigenvalue weighted by Crippen LogP contribution is 2.34. The first-order valence-electron chi connectivity index (χ1n) is 6.04. The molecule has 1 atom stereocenters. The van der Waals surface area contributed by atoms with Crippen molar-refractivity contribution in [3.8, 4) is 0 Å². The van der Waals surface area contributed by atoms with Crippen molar-refractivity contribution in [2.24, 2.45) is 11.3 Å². The van der Waals surface area contributed by atoms with Crippen molar-refractivity contribution in [1.29, 1.82) is 0 Å². The van der Waals surface area contributed by atoms with Gasteiger partial charge in [-0.3, -0.25) is 9.59 Å². The van der Waals surface area contributed by atoms with Crippen LogP contribution in [-0.4, -0.2) is 17.0 Å². The molecule has 0 saturated heterocycles. The van der Waals surface area contributed by atoms with Gasteiger partial charge in [0.15, 0.2) is 0 Å². The second-order valence-electron chi connectivity index (χ2n) is 5.68. The normalized spacial score (nSPS) is 12.9. The molecule has 0 aromatic heterocycles. The zero-order chi connectivity index (χ0) is 15.7. The number of anilines is 1. The molecule has 2 N–H and O–H groups in total. The molecule has 0 spiro atoms. The summed E-state index contributed by atoms with van der Waals surface area (Å²) in [4.78, 5) is 23.5. The van der Waals surface area contributed by atoms with Gasteiger partial charge in [-0.25, -0.2) is 0 Å². The molecule has 0 bridgehead atoms. The van der Waals surface area contributed by atoms with Gasteiger partial charge in [-0.05, 0) is 24.0 Å². The van der Waals surface area contributed by atoms with E-state index >= 15 is 0 Å². The minimum Gasteiger partial charge on any atom is -0.481 e. The molecule has 0 heterocycles. The third-order valence-corrected chi connectivity index (χ3v) is 3.71. The molecule has 0 aliphatic carbocycles. The van der Waals surface area contributed by atoms with Crippen molar-refractivity contribution >= 4 is 40.8 Å². The lowest BCUT2D eigenvalue weighted by molar-refractivity contribution is -0.149. The predicted molar refractivity (Wildman–Crippen MR) is 80.4 cm³/mol. The highest BCUT2D eigenvalue weighted by molar-refractivity contribution is 6.40. The van der Waals surface area contributed by atoms with Gasteiger partial charge in [-0.1, -0.05) is 50.0 Å². The van der Waals surface area contributed by atoms with Crippen LogP contribution in [0.3, 0.4) is 0 Å². The largest absolute Gasteiger partial charge is 0.481 e. The molecule has 1 aromatic carbocycles. The van der Waals surface area contributed by atoms with E-state index in [1.807, 2.05) is 0 Å². The number of aryl methyl sites for hydroxylation is 1. The number of hydrogen-bond donors (Lipinski definition) is 2. The fourth-order valence-corrected chi connectivity index (χ4v) is 2.31. The smallest absolute Gasteiger partial charge is 0.316 e. The molecule has 4 nitrogen and oxygen atoms in total. The van der Waals surface area contributed by atoms with E-state index in [0.29, 0.717) is 5.02 Å². The summed E-state index contributed by atoms with van der Waals surface area (Å²) in [5, 5.41) is 12.3.